The lowest BCUT2D eigenvalue weighted by Crippen LogP contribution is -2.10. The summed E-state index contributed by atoms with van der Waals surface area (Å²) in [5.41, 5.74) is -0.787. The van der Waals surface area contributed by atoms with Crippen LogP contribution in [0.4, 0.5) is 13.2 Å². The van der Waals surface area contributed by atoms with Crippen molar-refractivity contribution in [3.63, 3.8) is 0 Å². The third-order valence-electron chi connectivity index (χ3n) is 1.47. The van der Waals surface area contributed by atoms with Crippen molar-refractivity contribution in [2.75, 3.05) is 0 Å². The Hall–Kier alpha value is -0.410. The van der Waals surface area contributed by atoms with Gasteiger partial charge in [0.15, 0.2) is 5.82 Å². The lowest BCUT2D eigenvalue weighted by atomic mass is 10.1. The van der Waals surface area contributed by atoms with Crippen LogP contribution in [0.15, 0.2) is 12.1 Å². The molecule has 0 amide bonds. The number of hydrogen-bond donors (Lipinski definition) is 0. The molecule has 5 heteroatoms. The van der Waals surface area contributed by atoms with Crippen LogP contribution >= 0.6 is 23.2 Å². The summed E-state index contributed by atoms with van der Waals surface area (Å²) in [7, 11) is 0. The molecule has 1 aromatic rings. The molecule has 0 radical (unpaired) electrons. The number of benzene rings is 1. The van der Waals surface area contributed by atoms with E-state index in [4.69, 9.17) is 23.2 Å². The Morgan fingerprint density at radius 1 is 1.23 bits per heavy atom. The second kappa shape index (κ2) is 3.39. The van der Waals surface area contributed by atoms with Gasteiger partial charge in [0.05, 0.1) is 10.6 Å². The Balaban J connectivity index is 3.37. The van der Waals surface area contributed by atoms with Gasteiger partial charge >= 0.3 is 0 Å². The van der Waals surface area contributed by atoms with Gasteiger partial charge in [-0.05, 0) is 12.1 Å². The maximum Gasteiger partial charge on any atom is 0.273 e. The molecule has 0 nitrogen and oxygen atoms in total. The minimum atomic E-state index is -3.28. The summed E-state index contributed by atoms with van der Waals surface area (Å²) in [5, 5.41) is -0.410. The summed E-state index contributed by atoms with van der Waals surface area (Å²) in [6, 6.07) is 1.94. The van der Waals surface area contributed by atoms with Crippen molar-refractivity contribution in [2.24, 2.45) is 0 Å². The number of rotatable bonds is 1. The van der Waals surface area contributed by atoms with Crippen LogP contribution in [0.1, 0.15) is 12.5 Å². The Morgan fingerprint density at radius 3 is 2.23 bits per heavy atom. The fourth-order valence-corrected chi connectivity index (χ4v) is 1.37. The molecule has 0 fully saturated rings. The molecule has 0 atom stereocenters. The summed E-state index contributed by atoms with van der Waals surface area (Å²) in [5.74, 6) is -4.41. The standard InChI is InChI=1S/C8H5Cl2F3/c1-8(12,13)5-2-4(9)3-6(10)7(5)11/h2-3H,1H3. The second-order valence-electron chi connectivity index (χ2n) is 2.64. The van der Waals surface area contributed by atoms with Crippen molar-refractivity contribution in [3.8, 4) is 0 Å². The normalized spacial score (nSPS) is 11.8. The van der Waals surface area contributed by atoms with Gasteiger partial charge in [-0.1, -0.05) is 23.2 Å². The average Bonchev–Trinajstić information content (AvgIpc) is 1.94. The van der Waals surface area contributed by atoms with E-state index >= 15 is 0 Å². The molecule has 13 heavy (non-hydrogen) atoms. The number of halogens is 5. The van der Waals surface area contributed by atoms with Crippen LogP contribution < -0.4 is 0 Å². The average molecular weight is 229 g/mol. The first-order chi connectivity index (χ1) is 5.82. The van der Waals surface area contributed by atoms with E-state index in [2.05, 4.69) is 0 Å². The van der Waals surface area contributed by atoms with Gasteiger partial charge in [-0.2, -0.15) is 0 Å². The smallest absolute Gasteiger partial charge is 0.205 e. The number of hydrogen-bond acceptors (Lipinski definition) is 0. The van der Waals surface area contributed by atoms with Gasteiger partial charge in [-0.15, -0.1) is 0 Å². The van der Waals surface area contributed by atoms with Gasteiger partial charge in [0.2, 0.25) is 0 Å². The molecule has 0 bridgehead atoms. The molecule has 0 saturated carbocycles. The van der Waals surface area contributed by atoms with Crippen LogP contribution in [0.25, 0.3) is 0 Å². The second-order valence-corrected chi connectivity index (χ2v) is 3.48. The van der Waals surface area contributed by atoms with Crippen LogP contribution in [-0.2, 0) is 5.92 Å². The molecule has 0 spiro atoms. The zero-order valence-corrected chi connectivity index (χ0v) is 8.06. The van der Waals surface area contributed by atoms with E-state index < -0.39 is 22.3 Å². The maximum absolute atomic E-state index is 13.0. The van der Waals surface area contributed by atoms with Crippen LogP contribution in [0, 0.1) is 5.82 Å². The quantitative estimate of drug-likeness (QED) is 0.631. The summed E-state index contributed by atoms with van der Waals surface area (Å²) in [6.07, 6.45) is 0. The summed E-state index contributed by atoms with van der Waals surface area (Å²) in [4.78, 5) is 0. The summed E-state index contributed by atoms with van der Waals surface area (Å²) >= 11 is 10.8. The first-order valence-corrected chi connectivity index (χ1v) is 4.11. The molecule has 0 heterocycles. The predicted molar refractivity (Wildman–Crippen MR) is 46.0 cm³/mol. The van der Waals surface area contributed by atoms with Crippen LogP contribution in [0.5, 0.6) is 0 Å². The van der Waals surface area contributed by atoms with Crippen molar-refractivity contribution < 1.29 is 13.2 Å². The van der Waals surface area contributed by atoms with Crippen molar-refractivity contribution >= 4 is 23.2 Å². The SMILES string of the molecule is CC(F)(F)c1cc(Cl)cc(Cl)c1F. The van der Waals surface area contributed by atoms with Crippen molar-refractivity contribution in [1.29, 1.82) is 0 Å². The van der Waals surface area contributed by atoms with Gasteiger partial charge in [0.25, 0.3) is 5.92 Å². The van der Waals surface area contributed by atoms with E-state index in [1.165, 1.54) is 0 Å². The number of alkyl halides is 2. The molecule has 0 N–H and O–H groups in total. The molecule has 0 aliphatic heterocycles. The van der Waals surface area contributed by atoms with Crippen molar-refractivity contribution in [3.05, 3.63) is 33.6 Å². The highest BCUT2D eigenvalue weighted by Gasteiger charge is 2.29. The van der Waals surface area contributed by atoms with E-state index in [0.717, 1.165) is 12.1 Å². The molecule has 0 unspecified atom stereocenters. The zero-order valence-electron chi connectivity index (χ0n) is 6.54. The minimum Gasteiger partial charge on any atom is -0.205 e. The maximum atomic E-state index is 13.0. The Morgan fingerprint density at radius 2 is 1.77 bits per heavy atom. The summed E-state index contributed by atoms with van der Waals surface area (Å²) < 4.78 is 38.4. The van der Waals surface area contributed by atoms with E-state index in [1.807, 2.05) is 0 Å². The van der Waals surface area contributed by atoms with Crippen molar-refractivity contribution in [1.82, 2.24) is 0 Å². The lowest BCUT2D eigenvalue weighted by molar-refractivity contribution is 0.0138. The Bertz CT molecular complexity index is 331. The Kier molecular flexibility index (Phi) is 2.78. The predicted octanol–water partition coefficient (Wildman–Crippen LogP) is 4.24. The van der Waals surface area contributed by atoms with Gasteiger partial charge in [-0.25, -0.2) is 13.2 Å². The zero-order chi connectivity index (χ0) is 10.2. The molecule has 0 aliphatic carbocycles. The summed E-state index contributed by atoms with van der Waals surface area (Å²) in [6.45, 7) is 0.581. The largest absolute Gasteiger partial charge is 0.273 e. The molecule has 0 aliphatic rings. The van der Waals surface area contributed by atoms with Gasteiger partial charge in [0, 0.05) is 11.9 Å². The first-order valence-electron chi connectivity index (χ1n) is 3.35. The highest BCUT2D eigenvalue weighted by molar-refractivity contribution is 6.34. The van der Waals surface area contributed by atoms with E-state index in [1.54, 1.807) is 0 Å². The fraction of sp³-hybridized carbons (Fsp3) is 0.250. The fourth-order valence-electron chi connectivity index (χ4n) is 0.875. The highest BCUT2D eigenvalue weighted by atomic mass is 35.5. The van der Waals surface area contributed by atoms with Crippen LogP contribution in [0.2, 0.25) is 10.0 Å². The highest BCUT2D eigenvalue weighted by Crippen LogP contribution is 2.34. The molecule has 1 rings (SSSR count). The Labute approximate surface area is 83.3 Å². The van der Waals surface area contributed by atoms with Crippen molar-refractivity contribution in [2.45, 2.75) is 12.8 Å². The monoisotopic (exact) mass is 228 g/mol. The molecular weight excluding hydrogens is 224 g/mol. The topological polar surface area (TPSA) is 0 Å². The minimum absolute atomic E-state index is 0.0112. The van der Waals surface area contributed by atoms with E-state index in [0.29, 0.717) is 6.92 Å². The van der Waals surface area contributed by atoms with E-state index in [-0.39, 0.29) is 5.02 Å². The molecular formula is C8H5Cl2F3. The lowest BCUT2D eigenvalue weighted by Gasteiger charge is -2.12. The molecule has 0 saturated heterocycles. The van der Waals surface area contributed by atoms with Gasteiger partial charge in [-0.3, -0.25) is 0 Å². The first kappa shape index (κ1) is 10.7. The van der Waals surface area contributed by atoms with Gasteiger partial charge < -0.3 is 0 Å². The van der Waals surface area contributed by atoms with E-state index in [9.17, 15) is 13.2 Å². The third kappa shape index (κ3) is 2.29. The van der Waals surface area contributed by atoms with Crippen LogP contribution in [0.3, 0.4) is 0 Å². The third-order valence-corrected chi connectivity index (χ3v) is 1.96. The molecule has 72 valence electrons. The van der Waals surface area contributed by atoms with Crippen LogP contribution in [-0.4, -0.2) is 0 Å². The molecule has 1 aromatic carbocycles. The van der Waals surface area contributed by atoms with Gasteiger partial charge in [0.1, 0.15) is 0 Å². The molecule has 0 aromatic heterocycles.